The van der Waals surface area contributed by atoms with Crippen molar-refractivity contribution in [3.05, 3.63) is 35.4 Å². The summed E-state index contributed by atoms with van der Waals surface area (Å²) in [6.07, 6.45) is 1.12. The number of ether oxygens (including phenoxy) is 1. The van der Waals surface area contributed by atoms with Gasteiger partial charge in [0.2, 0.25) is 5.91 Å². The third-order valence-electron chi connectivity index (χ3n) is 5.05. The second-order valence-corrected chi connectivity index (χ2v) is 8.15. The van der Waals surface area contributed by atoms with E-state index in [1.54, 1.807) is 37.7 Å². The molecule has 1 saturated heterocycles. The van der Waals surface area contributed by atoms with E-state index in [4.69, 9.17) is 4.74 Å². The highest BCUT2D eigenvalue weighted by Gasteiger charge is 2.30. The van der Waals surface area contributed by atoms with Gasteiger partial charge >= 0.3 is 12.0 Å². The van der Waals surface area contributed by atoms with Crippen molar-refractivity contribution in [1.82, 2.24) is 15.1 Å². The Labute approximate surface area is 173 Å². The number of benzene rings is 1. The first-order chi connectivity index (χ1) is 13.7. The Bertz CT molecular complexity index is 707. The zero-order chi connectivity index (χ0) is 21.6. The summed E-state index contributed by atoms with van der Waals surface area (Å²) < 4.78 is 5.28. The predicted octanol–water partition coefficient (Wildman–Crippen LogP) is 2.89. The zero-order valence-corrected chi connectivity index (χ0v) is 18.1. The molecule has 1 fully saturated rings. The minimum Gasteiger partial charge on any atom is -0.463 e. The lowest BCUT2D eigenvalue weighted by Crippen LogP contribution is -2.47. The van der Waals surface area contributed by atoms with Crippen LogP contribution in [0.3, 0.4) is 0 Å². The van der Waals surface area contributed by atoms with Crippen LogP contribution >= 0.6 is 0 Å². The molecule has 1 aromatic carbocycles. The summed E-state index contributed by atoms with van der Waals surface area (Å²) in [5.74, 6) is -0.586. The van der Waals surface area contributed by atoms with Gasteiger partial charge in [0.25, 0.3) is 0 Å². The van der Waals surface area contributed by atoms with Crippen LogP contribution in [0.15, 0.2) is 24.3 Å². The lowest BCUT2D eigenvalue weighted by atomic mass is 9.94. The van der Waals surface area contributed by atoms with Crippen LogP contribution in [0.1, 0.15) is 50.3 Å². The minimum absolute atomic E-state index is 0.0298. The molecular formula is C22H33N3O4. The third kappa shape index (κ3) is 6.76. The van der Waals surface area contributed by atoms with Gasteiger partial charge in [-0.1, -0.05) is 29.8 Å². The summed E-state index contributed by atoms with van der Waals surface area (Å²) in [4.78, 5) is 40.5. The Morgan fingerprint density at radius 1 is 1.14 bits per heavy atom. The normalized spacial score (nSPS) is 15.7. The lowest BCUT2D eigenvalue weighted by molar-refractivity contribution is -0.148. The summed E-state index contributed by atoms with van der Waals surface area (Å²) in [5.41, 5.74) is 1.99. The first-order valence-electron chi connectivity index (χ1n) is 10.2. The van der Waals surface area contributed by atoms with Crippen molar-refractivity contribution in [1.29, 1.82) is 0 Å². The molecule has 0 spiro atoms. The number of nitrogens with one attached hydrogen (secondary N) is 1. The molecule has 0 radical (unpaired) electrons. The topological polar surface area (TPSA) is 79.0 Å². The van der Waals surface area contributed by atoms with Gasteiger partial charge in [-0.3, -0.25) is 9.59 Å². The highest BCUT2D eigenvalue weighted by Crippen LogP contribution is 2.23. The first-order valence-corrected chi connectivity index (χ1v) is 10.2. The Balaban J connectivity index is 2.02. The molecule has 29 heavy (non-hydrogen) atoms. The number of nitrogens with zero attached hydrogens (tertiary/aromatic N) is 2. The van der Waals surface area contributed by atoms with Gasteiger partial charge in [0, 0.05) is 33.1 Å². The minimum atomic E-state index is -0.434. The molecule has 1 N–H and O–H groups in total. The van der Waals surface area contributed by atoms with Crippen molar-refractivity contribution < 1.29 is 19.1 Å². The number of carbonyl (C=O) groups is 3. The van der Waals surface area contributed by atoms with E-state index in [1.165, 1.54) is 0 Å². The number of rotatable bonds is 6. The van der Waals surface area contributed by atoms with Gasteiger partial charge in [-0.15, -0.1) is 0 Å². The van der Waals surface area contributed by atoms with Gasteiger partial charge in [-0.05, 0) is 39.2 Å². The number of urea groups is 1. The van der Waals surface area contributed by atoms with Crippen LogP contribution in [0, 0.1) is 12.8 Å². The molecule has 1 aromatic rings. The van der Waals surface area contributed by atoms with Crippen LogP contribution in [0.25, 0.3) is 0 Å². The molecular weight excluding hydrogens is 370 g/mol. The fraction of sp³-hybridized carbons (Fsp3) is 0.591. The van der Waals surface area contributed by atoms with Crippen LogP contribution in [0.5, 0.6) is 0 Å². The average molecular weight is 404 g/mol. The molecule has 0 aromatic heterocycles. The van der Waals surface area contributed by atoms with Gasteiger partial charge in [-0.25, -0.2) is 4.79 Å². The van der Waals surface area contributed by atoms with Gasteiger partial charge in [0.1, 0.15) is 0 Å². The SMILES string of the molecule is Cc1ccc(C(CC(=O)OC(C)C)NC(=O)C2CCN(C(=O)N(C)C)CC2)cc1. The van der Waals surface area contributed by atoms with E-state index in [-0.39, 0.29) is 36.4 Å². The molecule has 1 aliphatic heterocycles. The highest BCUT2D eigenvalue weighted by molar-refractivity contribution is 5.81. The monoisotopic (exact) mass is 403 g/mol. The molecule has 0 bridgehead atoms. The van der Waals surface area contributed by atoms with Crippen molar-refractivity contribution in [2.45, 2.75) is 52.2 Å². The maximum absolute atomic E-state index is 12.9. The van der Waals surface area contributed by atoms with E-state index in [9.17, 15) is 14.4 Å². The number of hydrogen-bond acceptors (Lipinski definition) is 4. The number of hydrogen-bond donors (Lipinski definition) is 1. The van der Waals surface area contributed by atoms with Crippen molar-refractivity contribution >= 4 is 17.9 Å². The number of carbonyl (C=O) groups excluding carboxylic acids is 3. The summed E-state index contributed by atoms with van der Waals surface area (Å²) in [7, 11) is 3.45. The molecule has 7 nitrogen and oxygen atoms in total. The fourth-order valence-corrected chi connectivity index (χ4v) is 3.43. The smallest absolute Gasteiger partial charge is 0.319 e. The molecule has 3 amide bonds. The number of amides is 3. The summed E-state index contributed by atoms with van der Waals surface area (Å²) in [6.45, 7) is 6.72. The van der Waals surface area contributed by atoms with E-state index < -0.39 is 6.04 Å². The van der Waals surface area contributed by atoms with Crippen LogP contribution in [-0.4, -0.2) is 61.0 Å². The Kier molecular flexibility index (Phi) is 8.05. The molecule has 1 unspecified atom stereocenters. The molecule has 2 rings (SSSR count). The van der Waals surface area contributed by atoms with Gasteiger partial charge < -0.3 is 19.9 Å². The Morgan fingerprint density at radius 3 is 2.24 bits per heavy atom. The quantitative estimate of drug-likeness (QED) is 0.741. The molecule has 1 heterocycles. The van der Waals surface area contributed by atoms with Crippen molar-refractivity contribution in [2.24, 2.45) is 5.92 Å². The van der Waals surface area contributed by atoms with E-state index in [2.05, 4.69) is 5.32 Å². The first kappa shape index (κ1) is 22.7. The number of piperidine rings is 1. The van der Waals surface area contributed by atoms with E-state index in [0.717, 1.165) is 11.1 Å². The molecule has 0 aliphatic carbocycles. The summed E-state index contributed by atoms with van der Waals surface area (Å²) in [6, 6.07) is 7.33. The zero-order valence-electron chi connectivity index (χ0n) is 18.1. The maximum atomic E-state index is 12.9. The largest absolute Gasteiger partial charge is 0.463 e. The second kappa shape index (κ2) is 10.3. The van der Waals surface area contributed by atoms with Crippen LogP contribution < -0.4 is 5.32 Å². The summed E-state index contributed by atoms with van der Waals surface area (Å²) in [5, 5.41) is 3.04. The van der Waals surface area contributed by atoms with E-state index >= 15 is 0 Å². The molecule has 160 valence electrons. The second-order valence-electron chi connectivity index (χ2n) is 8.15. The number of esters is 1. The standard InChI is InChI=1S/C22H33N3O4/c1-15(2)29-20(26)14-19(17-8-6-16(3)7-9-17)23-21(27)18-10-12-25(13-11-18)22(28)24(4)5/h6-9,15,18-19H,10-14H2,1-5H3,(H,23,27). The molecule has 1 aliphatic rings. The third-order valence-corrected chi connectivity index (χ3v) is 5.05. The average Bonchev–Trinajstić information content (AvgIpc) is 2.66. The van der Waals surface area contributed by atoms with Crippen molar-refractivity contribution in [2.75, 3.05) is 27.2 Å². The van der Waals surface area contributed by atoms with Crippen LogP contribution in [-0.2, 0) is 14.3 Å². The number of likely N-dealkylation sites (tertiary alicyclic amines) is 1. The molecule has 1 atom stereocenters. The number of aryl methyl sites for hydroxylation is 1. The summed E-state index contributed by atoms with van der Waals surface area (Å²) >= 11 is 0. The fourth-order valence-electron chi connectivity index (χ4n) is 3.43. The van der Waals surface area contributed by atoms with Gasteiger partial charge in [0.05, 0.1) is 18.6 Å². The Morgan fingerprint density at radius 2 is 1.72 bits per heavy atom. The van der Waals surface area contributed by atoms with Gasteiger partial charge in [0.15, 0.2) is 0 Å². The predicted molar refractivity (Wildman–Crippen MR) is 111 cm³/mol. The van der Waals surface area contributed by atoms with Crippen molar-refractivity contribution in [3.63, 3.8) is 0 Å². The lowest BCUT2D eigenvalue weighted by Gasteiger charge is -2.33. The van der Waals surface area contributed by atoms with E-state index in [0.29, 0.717) is 25.9 Å². The highest BCUT2D eigenvalue weighted by atomic mass is 16.5. The van der Waals surface area contributed by atoms with Crippen LogP contribution in [0.2, 0.25) is 0 Å². The van der Waals surface area contributed by atoms with Crippen molar-refractivity contribution in [3.8, 4) is 0 Å². The molecule has 7 heteroatoms. The Hall–Kier alpha value is -2.57. The van der Waals surface area contributed by atoms with Crippen LogP contribution in [0.4, 0.5) is 4.79 Å². The van der Waals surface area contributed by atoms with Gasteiger partial charge in [-0.2, -0.15) is 0 Å². The molecule has 0 saturated carbocycles. The maximum Gasteiger partial charge on any atom is 0.319 e. The van der Waals surface area contributed by atoms with E-state index in [1.807, 2.05) is 31.2 Å².